The topological polar surface area (TPSA) is 93.6 Å². The standard InChI is InChI=1S/C28H22IN5O2/c29-27-32-24(23-16-31-34-25(23)33-27)21-12-22(15-30-14-21)28(11-10-19-8-4-5-9-20(19)13-28)26(35)36-17-18-6-2-1-3-7-18/h1-9,12,14-16H,10-11,13,17H2,(H,31,32,33,34). The van der Waals surface area contributed by atoms with Crippen molar-refractivity contribution >= 4 is 39.6 Å². The van der Waals surface area contributed by atoms with Crippen LogP contribution in [-0.4, -0.2) is 31.1 Å². The minimum Gasteiger partial charge on any atom is -0.460 e. The molecule has 1 N–H and O–H groups in total. The summed E-state index contributed by atoms with van der Waals surface area (Å²) in [4.78, 5) is 27.5. The maximum Gasteiger partial charge on any atom is 0.317 e. The third-order valence-electron chi connectivity index (χ3n) is 6.88. The summed E-state index contributed by atoms with van der Waals surface area (Å²) >= 11 is 2.10. The molecule has 8 heteroatoms. The number of aryl methyl sites for hydroxylation is 1. The van der Waals surface area contributed by atoms with Gasteiger partial charge >= 0.3 is 5.97 Å². The van der Waals surface area contributed by atoms with Crippen LogP contribution in [-0.2, 0) is 34.4 Å². The number of esters is 1. The number of nitrogens with one attached hydrogen (secondary N) is 1. The van der Waals surface area contributed by atoms with Gasteiger partial charge in [0.15, 0.2) is 9.48 Å². The smallest absolute Gasteiger partial charge is 0.317 e. The number of nitrogens with zero attached hydrogens (tertiary/aromatic N) is 4. The quantitative estimate of drug-likeness (QED) is 0.173. The lowest BCUT2D eigenvalue weighted by atomic mass is 9.67. The number of halogens is 1. The van der Waals surface area contributed by atoms with E-state index in [1.165, 1.54) is 11.1 Å². The first-order valence-corrected chi connectivity index (χ1v) is 12.8. The molecule has 2 aromatic carbocycles. The first kappa shape index (κ1) is 22.8. The zero-order chi connectivity index (χ0) is 24.5. The molecule has 0 bridgehead atoms. The molecule has 5 aromatic rings. The van der Waals surface area contributed by atoms with Crippen molar-refractivity contribution in [3.05, 3.63) is 105 Å². The van der Waals surface area contributed by atoms with Gasteiger partial charge in [0, 0.05) is 40.5 Å². The highest BCUT2D eigenvalue weighted by Gasteiger charge is 2.45. The van der Waals surface area contributed by atoms with E-state index in [2.05, 4.69) is 65.9 Å². The molecule has 1 unspecified atom stereocenters. The number of H-pyrrole nitrogens is 1. The number of carbonyl (C=O) groups excluding carboxylic acids is 1. The molecule has 0 aliphatic heterocycles. The minimum absolute atomic E-state index is 0.231. The van der Waals surface area contributed by atoms with Gasteiger partial charge in [-0.05, 0) is 47.6 Å². The van der Waals surface area contributed by atoms with Crippen molar-refractivity contribution < 1.29 is 9.53 Å². The summed E-state index contributed by atoms with van der Waals surface area (Å²) in [6.07, 6.45) is 7.27. The molecule has 178 valence electrons. The highest BCUT2D eigenvalue weighted by Crippen LogP contribution is 2.41. The fourth-order valence-corrected chi connectivity index (χ4v) is 5.48. The molecule has 6 rings (SSSR count). The predicted molar refractivity (Wildman–Crippen MR) is 144 cm³/mol. The maximum absolute atomic E-state index is 13.9. The van der Waals surface area contributed by atoms with E-state index in [9.17, 15) is 4.79 Å². The van der Waals surface area contributed by atoms with Gasteiger partial charge < -0.3 is 4.74 Å². The number of aromatic amines is 1. The second-order valence-corrected chi connectivity index (χ2v) is 9.99. The van der Waals surface area contributed by atoms with E-state index in [0.29, 0.717) is 22.3 Å². The molecular formula is C28H22IN5O2. The molecule has 0 saturated heterocycles. The van der Waals surface area contributed by atoms with Gasteiger partial charge in [0.1, 0.15) is 6.61 Å². The van der Waals surface area contributed by atoms with E-state index in [-0.39, 0.29) is 12.6 Å². The van der Waals surface area contributed by atoms with Gasteiger partial charge in [-0.15, -0.1) is 0 Å². The van der Waals surface area contributed by atoms with Crippen LogP contribution in [0.5, 0.6) is 0 Å². The Morgan fingerprint density at radius 3 is 2.67 bits per heavy atom. The molecule has 0 saturated carbocycles. The number of pyridine rings is 1. The second-order valence-electron chi connectivity index (χ2n) is 9.03. The lowest BCUT2D eigenvalue weighted by Crippen LogP contribution is -2.42. The van der Waals surface area contributed by atoms with Gasteiger partial charge in [0.25, 0.3) is 0 Å². The van der Waals surface area contributed by atoms with Crippen molar-refractivity contribution in [3.63, 3.8) is 0 Å². The number of benzene rings is 2. The Balaban J connectivity index is 1.43. The van der Waals surface area contributed by atoms with Gasteiger partial charge in [0.2, 0.25) is 0 Å². The van der Waals surface area contributed by atoms with Crippen LogP contribution in [0.15, 0.2) is 79.3 Å². The number of rotatable bonds is 5. The van der Waals surface area contributed by atoms with Crippen LogP contribution in [0.1, 0.15) is 28.7 Å². The zero-order valence-electron chi connectivity index (χ0n) is 19.3. The van der Waals surface area contributed by atoms with Crippen LogP contribution in [0, 0.1) is 3.83 Å². The van der Waals surface area contributed by atoms with Crippen molar-refractivity contribution in [2.45, 2.75) is 31.3 Å². The Kier molecular flexibility index (Phi) is 5.96. The van der Waals surface area contributed by atoms with Gasteiger partial charge in [-0.3, -0.25) is 14.9 Å². The van der Waals surface area contributed by atoms with E-state index in [1.807, 2.05) is 42.5 Å². The normalized spacial score (nSPS) is 17.0. The molecule has 0 fully saturated rings. The number of hydrogen-bond donors (Lipinski definition) is 1. The summed E-state index contributed by atoms with van der Waals surface area (Å²) in [6.45, 7) is 0.232. The molecule has 3 aromatic heterocycles. The molecular weight excluding hydrogens is 565 g/mol. The van der Waals surface area contributed by atoms with Crippen LogP contribution < -0.4 is 0 Å². The van der Waals surface area contributed by atoms with Crippen LogP contribution in [0.2, 0.25) is 0 Å². The largest absolute Gasteiger partial charge is 0.460 e. The fraction of sp³-hybridized carbons (Fsp3) is 0.179. The van der Waals surface area contributed by atoms with E-state index < -0.39 is 5.41 Å². The van der Waals surface area contributed by atoms with Crippen molar-refractivity contribution in [1.29, 1.82) is 0 Å². The zero-order valence-corrected chi connectivity index (χ0v) is 21.5. The van der Waals surface area contributed by atoms with Crippen molar-refractivity contribution in [2.75, 3.05) is 0 Å². The SMILES string of the molecule is O=C(OCc1ccccc1)C1(c2cncc(-c3nc(I)nc4[nH]ncc34)c2)CCc2ccccc2C1. The number of carbonyl (C=O) groups is 1. The molecule has 0 radical (unpaired) electrons. The molecule has 0 amide bonds. The van der Waals surface area contributed by atoms with Gasteiger partial charge in [-0.1, -0.05) is 54.6 Å². The molecule has 1 aliphatic rings. The number of ether oxygens (including phenoxy) is 1. The average Bonchev–Trinajstić information content (AvgIpc) is 3.40. The number of fused-ring (bicyclic) bond motifs is 2. The van der Waals surface area contributed by atoms with Crippen LogP contribution >= 0.6 is 22.6 Å². The Bertz CT molecular complexity index is 1570. The molecule has 36 heavy (non-hydrogen) atoms. The summed E-state index contributed by atoms with van der Waals surface area (Å²) in [5.74, 6) is -0.231. The summed E-state index contributed by atoms with van der Waals surface area (Å²) in [5.41, 5.74) is 5.60. The molecule has 3 heterocycles. The third-order valence-corrected chi connectivity index (χ3v) is 7.36. The predicted octanol–water partition coefficient (Wildman–Crippen LogP) is 5.19. The summed E-state index contributed by atoms with van der Waals surface area (Å²) in [6, 6.07) is 20.1. The molecule has 1 aliphatic carbocycles. The highest BCUT2D eigenvalue weighted by molar-refractivity contribution is 14.1. The Morgan fingerprint density at radius 1 is 1.00 bits per heavy atom. The Labute approximate surface area is 221 Å². The Hall–Kier alpha value is -3.66. The van der Waals surface area contributed by atoms with Crippen LogP contribution in [0.3, 0.4) is 0 Å². The Morgan fingerprint density at radius 2 is 1.81 bits per heavy atom. The lowest BCUT2D eigenvalue weighted by Gasteiger charge is -2.36. The van der Waals surface area contributed by atoms with Gasteiger partial charge in [0.05, 0.1) is 22.7 Å². The molecule has 0 spiro atoms. The molecule has 7 nitrogen and oxygen atoms in total. The first-order valence-electron chi connectivity index (χ1n) is 11.7. The first-order chi connectivity index (χ1) is 17.6. The van der Waals surface area contributed by atoms with Crippen LogP contribution in [0.25, 0.3) is 22.3 Å². The lowest BCUT2D eigenvalue weighted by molar-refractivity contribution is -0.152. The van der Waals surface area contributed by atoms with E-state index in [1.54, 1.807) is 18.6 Å². The maximum atomic E-state index is 13.9. The van der Waals surface area contributed by atoms with E-state index >= 15 is 0 Å². The van der Waals surface area contributed by atoms with Crippen molar-refractivity contribution in [1.82, 2.24) is 25.1 Å². The van der Waals surface area contributed by atoms with Gasteiger partial charge in [-0.25, -0.2) is 9.97 Å². The van der Waals surface area contributed by atoms with E-state index in [4.69, 9.17) is 4.74 Å². The summed E-state index contributed by atoms with van der Waals surface area (Å²) in [7, 11) is 0. The van der Waals surface area contributed by atoms with Gasteiger partial charge in [-0.2, -0.15) is 5.10 Å². The highest BCUT2D eigenvalue weighted by atomic mass is 127. The van der Waals surface area contributed by atoms with Crippen LogP contribution in [0.4, 0.5) is 0 Å². The van der Waals surface area contributed by atoms with E-state index in [0.717, 1.165) is 34.2 Å². The summed E-state index contributed by atoms with van der Waals surface area (Å²) < 4.78 is 6.56. The van der Waals surface area contributed by atoms with Crippen molar-refractivity contribution in [3.8, 4) is 11.3 Å². The minimum atomic E-state index is -0.845. The van der Waals surface area contributed by atoms with Crippen molar-refractivity contribution in [2.24, 2.45) is 0 Å². The number of aromatic nitrogens is 5. The average molecular weight is 587 g/mol. The fourth-order valence-electron chi connectivity index (χ4n) is 4.99. The third kappa shape index (κ3) is 4.15. The second kappa shape index (κ2) is 9.42. The summed E-state index contributed by atoms with van der Waals surface area (Å²) in [5, 5.41) is 7.86. The number of hydrogen-bond acceptors (Lipinski definition) is 6. The molecule has 1 atom stereocenters. The monoisotopic (exact) mass is 587 g/mol.